The van der Waals surface area contributed by atoms with Gasteiger partial charge in [0.15, 0.2) is 0 Å². The fourth-order valence-corrected chi connectivity index (χ4v) is 3.07. The van der Waals surface area contributed by atoms with Gasteiger partial charge in [0.1, 0.15) is 11.9 Å². The fourth-order valence-electron chi connectivity index (χ4n) is 3.07. The maximum atomic E-state index is 6.42. The Morgan fingerprint density at radius 3 is 2.71 bits per heavy atom. The fraction of sp³-hybridized carbons (Fsp3) is 0.684. The lowest BCUT2D eigenvalue weighted by atomic mass is 9.92. The first-order valence-electron chi connectivity index (χ1n) is 8.62. The lowest BCUT2D eigenvalue weighted by Gasteiger charge is -2.33. The van der Waals surface area contributed by atoms with E-state index in [1.54, 1.807) is 0 Å². The van der Waals surface area contributed by atoms with Crippen LogP contribution in [0.5, 0.6) is 5.75 Å². The number of aryl methyl sites for hydroxylation is 1. The molecule has 118 valence electrons. The zero-order valence-corrected chi connectivity index (χ0v) is 14.1. The molecule has 2 nitrogen and oxygen atoms in total. The Balaban J connectivity index is 2.09. The average molecular weight is 289 g/mol. The molecule has 1 N–H and O–H groups in total. The molecule has 1 aromatic carbocycles. The molecule has 1 aliphatic carbocycles. The Morgan fingerprint density at radius 2 is 2.00 bits per heavy atom. The van der Waals surface area contributed by atoms with E-state index in [-0.39, 0.29) is 0 Å². The second-order valence-electron chi connectivity index (χ2n) is 6.68. The molecule has 1 aromatic rings. The Bertz CT molecular complexity index is 441. The molecular weight excluding hydrogens is 258 g/mol. The van der Waals surface area contributed by atoms with Gasteiger partial charge in [-0.05, 0) is 62.3 Å². The number of nitrogens with one attached hydrogen (secondary N) is 1. The monoisotopic (exact) mass is 289 g/mol. The number of hydrogen-bond donors (Lipinski definition) is 1. The molecule has 2 unspecified atom stereocenters. The SMILES string of the molecule is CCCNC1CCCCC1Oc1cc(C(C)C)ccc1C. The summed E-state index contributed by atoms with van der Waals surface area (Å²) in [6, 6.07) is 7.18. The van der Waals surface area contributed by atoms with Crippen LogP contribution in [0, 0.1) is 6.92 Å². The van der Waals surface area contributed by atoms with Crippen molar-refractivity contribution in [2.24, 2.45) is 0 Å². The van der Waals surface area contributed by atoms with E-state index < -0.39 is 0 Å². The van der Waals surface area contributed by atoms with Gasteiger partial charge >= 0.3 is 0 Å². The second-order valence-corrected chi connectivity index (χ2v) is 6.68. The van der Waals surface area contributed by atoms with Crippen LogP contribution < -0.4 is 10.1 Å². The third kappa shape index (κ3) is 4.47. The van der Waals surface area contributed by atoms with E-state index in [1.165, 1.54) is 43.2 Å². The Hall–Kier alpha value is -1.02. The predicted octanol–water partition coefficient (Wildman–Crippen LogP) is 4.81. The summed E-state index contributed by atoms with van der Waals surface area (Å²) in [4.78, 5) is 0. The largest absolute Gasteiger partial charge is 0.489 e. The van der Waals surface area contributed by atoms with Crippen molar-refractivity contribution in [3.63, 3.8) is 0 Å². The normalized spacial score (nSPS) is 22.5. The summed E-state index contributed by atoms with van der Waals surface area (Å²) in [5.41, 5.74) is 2.61. The zero-order valence-electron chi connectivity index (χ0n) is 14.1. The van der Waals surface area contributed by atoms with Crippen LogP contribution in [0.4, 0.5) is 0 Å². The van der Waals surface area contributed by atoms with E-state index in [2.05, 4.69) is 51.2 Å². The Morgan fingerprint density at radius 1 is 1.24 bits per heavy atom. The van der Waals surface area contributed by atoms with Crippen LogP contribution in [0.1, 0.15) is 69.9 Å². The van der Waals surface area contributed by atoms with Crippen LogP contribution >= 0.6 is 0 Å². The lowest BCUT2D eigenvalue weighted by Crippen LogP contribution is -2.45. The Kier molecular flexibility index (Phi) is 6.10. The van der Waals surface area contributed by atoms with Crippen molar-refractivity contribution in [1.29, 1.82) is 0 Å². The van der Waals surface area contributed by atoms with Gasteiger partial charge in [0, 0.05) is 6.04 Å². The third-order valence-corrected chi connectivity index (χ3v) is 4.52. The predicted molar refractivity (Wildman–Crippen MR) is 90.2 cm³/mol. The van der Waals surface area contributed by atoms with Crippen LogP contribution in [-0.4, -0.2) is 18.7 Å². The van der Waals surface area contributed by atoms with Gasteiger partial charge in [0.25, 0.3) is 0 Å². The highest BCUT2D eigenvalue weighted by Gasteiger charge is 2.26. The summed E-state index contributed by atoms with van der Waals surface area (Å²) < 4.78 is 6.42. The highest BCUT2D eigenvalue weighted by Crippen LogP contribution is 2.29. The van der Waals surface area contributed by atoms with Crippen molar-refractivity contribution in [2.75, 3.05) is 6.54 Å². The first-order chi connectivity index (χ1) is 10.1. The van der Waals surface area contributed by atoms with E-state index in [0.29, 0.717) is 18.1 Å². The number of hydrogen-bond acceptors (Lipinski definition) is 2. The van der Waals surface area contributed by atoms with Crippen LogP contribution in [0.25, 0.3) is 0 Å². The van der Waals surface area contributed by atoms with Crippen molar-refractivity contribution in [3.8, 4) is 5.75 Å². The van der Waals surface area contributed by atoms with E-state index in [0.717, 1.165) is 12.3 Å². The summed E-state index contributed by atoms with van der Waals surface area (Å²) in [5.74, 6) is 1.63. The molecule has 0 aromatic heterocycles. The number of ether oxygens (including phenoxy) is 1. The van der Waals surface area contributed by atoms with Crippen molar-refractivity contribution in [1.82, 2.24) is 5.32 Å². The molecule has 0 amide bonds. The Labute approximate surface area is 130 Å². The van der Waals surface area contributed by atoms with Crippen LogP contribution in [0.3, 0.4) is 0 Å². The zero-order chi connectivity index (χ0) is 15.2. The molecule has 0 spiro atoms. The minimum atomic E-state index is 0.325. The minimum absolute atomic E-state index is 0.325. The van der Waals surface area contributed by atoms with Gasteiger partial charge < -0.3 is 10.1 Å². The smallest absolute Gasteiger partial charge is 0.122 e. The van der Waals surface area contributed by atoms with E-state index in [4.69, 9.17) is 4.74 Å². The molecule has 0 bridgehead atoms. The summed E-state index contributed by atoms with van der Waals surface area (Å²) in [5, 5.41) is 3.67. The quantitative estimate of drug-likeness (QED) is 0.811. The third-order valence-electron chi connectivity index (χ3n) is 4.52. The minimum Gasteiger partial charge on any atom is -0.489 e. The number of rotatable bonds is 6. The van der Waals surface area contributed by atoms with Gasteiger partial charge in [0.05, 0.1) is 0 Å². The maximum Gasteiger partial charge on any atom is 0.122 e. The number of benzene rings is 1. The van der Waals surface area contributed by atoms with Crippen molar-refractivity contribution < 1.29 is 4.74 Å². The standard InChI is InChI=1S/C19H31NO/c1-5-12-20-17-8-6-7-9-18(17)21-19-13-16(14(2)3)11-10-15(19)4/h10-11,13-14,17-18,20H,5-9,12H2,1-4H3. The molecule has 2 rings (SSSR count). The highest BCUT2D eigenvalue weighted by atomic mass is 16.5. The average Bonchev–Trinajstić information content (AvgIpc) is 2.48. The van der Waals surface area contributed by atoms with Crippen molar-refractivity contribution in [2.45, 2.75) is 77.9 Å². The van der Waals surface area contributed by atoms with Crippen molar-refractivity contribution in [3.05, 3.63) is 29.3 Å². The van der Waals surface area contributed by atoms with Gasteiger partial charge in [-0.3, -0.25) is 0 Å². The first-order valence-corrected chi connectivity index (χ1v) is 8.62. The van der Waals surface area contributed by atoms with E-state index in [9.17, 15) is 0 Å². The molecule has 0 radical (unpaired) electrons. The first kappa shape index (κ1) is 16.4. The van der Waals surface area contributed by atoms with Gasteiger partial charge in [-0.2, -0.15) is 0 Å². The van der Waals surface area contributed by atoms with Crippen molar-refractivity contribution >= 4 is 0 Å². The molecule has 0 heterocycles. The van der Waals surface area contributed by atoms with E-state index in [1.807, 2.05) is 0 Å². The molecule has 1 saturated carbocycles. The molecule has 2 atom stereocenters. The molecule has 2 heteroatoms. The van der Waals surface area contributed by atoms with Gasteiger partial charge in [-0.15, -0.1) is 0 Å². The summed E-state index contributed by atoms with van der Waals surface area (Å²) >= 11 is 0. The van der Waals surface area contributed by atoms with Gasteiger partial charge in [-0.25, -0.2) is 0 Å². The second kappa shape index (κ2) is 7.84. The molecule has 0 aliphatic heterocycles. The highest BCUT2D eigenvalue weighted by molar-refractivity contribution is 5.38. The lowest BCUT2D eigenvalue weighted by molar-refractivity contribution is 0.113. The molecule has 0 saturated heterocycles. The van der Waals surface area contributed by atoms with Gasteiger partial charge in [0.2, 0.25) is 0 Å². The van der Waals surface area contributed by atoms with Crippen LogP contribution in [-0.2, 0) is 0 Å². The topological polar surface area (TPSA) is 21.3 Å². The summed E-state index contributed by atoms with van der Waals surface area (Å²) in [7, 11) is 0. The molecule has 1 aliphatic rings. The maximum absolute atomic E-state index is 6.42. The molecule has 1 fully saturated rings. The molecular formula is C19H31NO. The van der Waals surface area contributed by atoms with E-state index >= 15 is 0 Å². The van der Waals surface area contributed by atoms with Crippen LogP contribution in [0.2, 0.25) is 0 Å². The van der Waals surface area contributed by atoms with Gasteiger partial charge in [-0.1, -0.05) is 39.3 Å². The van der Waals surface area contributed by atoms with Crippen LogP contribution in [0.15, 0.2) is 18.2 Å². The summed E-state index contributed by atoms with van der Waals surface area (Å²) in [6.45, 7) is 9.94. The summed E-state index contributed by atoms with van der Waals surface area (Å²) in [6.07, 6.45) is 6.54. The molecule has 21 heavy (non-hydrogen) atoms.